The van der Waals surface area contributed by atoms with Crippen LogP contribution < -0.4 is 9.64 Å². The van der Waals surface area contributed by atoms with E-state index in [0.29, 0.717) is 24.5 Å². The first kappa shape index (κ1) is 16.2. The molecule has 0 radical (unpaired) electrons. The number of fused-ring (bicyclic) bond motifs is 1. The number of rotatable bonds is 2. The van der Waals surface area contributed by atoms with Crippen molar-refractivity contribution in [2.75, 3.05) is 31.1 Å². The van der Waals surface area contributed by atoms with E-state index >= 15 is 0 Å². The van der Waals surface area contributed by atoms with E-state index in [9.17, 15) is 9.18 Å². The van der Waals surface area contributed by atoms with Crippen LogP contribution in [0.5, 0.6) is 5.75 Å². The first-order valence-electron chi connectivity index (χ1n) is 8.34. The van der Waals surface area contributed by atoms with E-state index in [2.05, 4.69) is 4.90 Å². The summed E-state index contributed by atoms with van der Waals surface area (Å²) in [5, 5.41) is 0.656. The Bertz CT molecular complexity index is 789. The third-order valence-corrected chi connectivity index (χ3v) is 4.99. The van der Waals surface area contributed by atoms with Crippen LogP contribution >= 0.6 is 11.6 Å². The van der Waals surface area contributed by atoms with Crippen molar-refractivity contribution in [2.45, 2.75) is 12.5 Å². The Kier molecular flexibility index (Phi) is 4.25. The number of carbonyl (C=O) groups is 1. The number of hydrogen-bond donors (Lipinski definition) is 0. The van der Waals surface area contributed by atoms with Crippen LogP contribution in [0.25, 0.3) is 0 Å². The normalized spacial score (nSPS) is 19.5. The molecule has 1 saturated heterocycles. The molecule has 0 N–H and O–H groups in total. The van der Waals surface area contributed by atoms with Crippen LogP contribution in [0.15, 0.2) is 42.5 Å². The van der Waals surface area contributed by atoms with Gasteiger partial charge in [0.15, 0.2) is 6.10 Å². The Hall–Kier alpha value is -2.27. The van der Waals surface area contributed by atoms with Gasteiger partial charge in [0, 0.05) is 43.3 Å². The summed E-state index contributed by atoms with van der Waals surface area (Å²) in [5.41, 5.74) is 1.96. The van der Waals surface area contributed by atoms with Crippen molar-refractivity contribution in [1.82, 2.24) is 4.90 Å². The Morgan fingerprint density at radius 3 is 2.52 bits per heavy atom. The molecule has 2 heterocycles. The molecule has 0 aromatic heterocycles. The molecule has 0 saturated carbocycles. The zero-order valence-corrected chi connectivity index (χ0v) is 14.4. The second-order valence-electron chi connectivity index (χ2n) is 6.35. The van der Waals surface area contributed by atoms with Crippen LogP contribution in [0.4, 0.5) is 10.1 Å². The minimum atomic E-state index is -0.467. The molecule has 0 spiro atoms. The molecule has 25 heavy (non-hydrogen) atoms. The second kappa shape index (κ2) is 6.56. The predicted molar refractivity (Wildman–Crippen MR) is 94.8 cm³/mol. The number of benzene rings is 2. The minimum absolute atomic E-state index is 0.0195. The summed E-state index contributed by atoms with van der Waals surface area (Å²) < 4.78 is 18.8. The highest BCUT2D eigenvalue weighted by Crippen LogP contribution is 2.32. The first-order chi connectivity index (χ1) is 12.1. The molecule has 2 aliphatic rings. The molecule has 0 aliphatic carbocycles. The van der Waals surface area contributed by atoms with Gasteiger partial charge in [-0.25, -0.2) is 4.39 Å². The lowest BCUT2D eigenvalue weighted by molar-refractivity contribution is -0.138. The summed E-state index contributed by atoms with van der Waals surface area (Å²) in [5.74, 6) is 0.523. The highest BCUT2D eigenvalue weighted by molar-refractivity contribution is 6.30. The quantitative estimate of drug-likeness (QED) is 0.825. The van der Waals surface area contributed by atoms with E-state index in [-0.39, 0.29) is 11.7 Å². The molecule has 1 unspecified atom stereocenters. The molecule has 0 bridgehead atoms. The van der Waals surface area contributed by atoms with Gasteiger partial charge in [-0.2, -0.15) is 0 Å². The van der Waals surface area contributed by atoms with Crippen LogP contribution in [0, 0.1) is 5.82 Å². The standard InChI is InChI=1S/C19H18ClFN2O2/c20-14-1-6-17-13(11-14)12-18(25-17)19(24)23-9-7-22(8-10-23)16-4-2-15(21)3-5-16/h1-6,11,18H,7-10,12H2. The van der Waals surface area contributed by atoms with E-state index < -0.39 is 6.10 Å². The summed E-state index contributed by atoms with van der Waals surface area (Å²) in [6.07, 6.45) is 0.0956. The summed E-state index contributed by atoms with van der Waals surface area (Å²) in [7, 11) is 0. The molecule has 2 aromatic carbocycles. The molecule has 130 valence electrons. The Morgan fingerprint density at radius 1 is 1.08 bits per heavy atom. The van der Waals surface area contributed by atoms with Crippen molar-refractivity contribution in [3.63, 3.8) is 0 Å². The van der Waals surface area contributed by atoms with Crippen molar-refractivity contribution in [1.29, 1.82) is 0 Å². The molecular formula is C19H18ClFN2O2. The molecule has 1 atom stereocenters. The van der Waals surface area contributed by atoms with Crippen molar-refractivity contribution in [3.05, 3.63) is 58.9 Å². The molecule has 4 rings (SSSR count). The van der Waals surface area contributed by atoms with Gasteiger partial charge in [-0.05, 0) is 48.0 Å². The summed E-state index contributed by atoms with van der Waals surface area (Å²) in [4.78, 5) is 16.7. The van der Waals surface area contributed by atoms with Gasteiger partial charge in [-0.1, -0.05) is 11.6 Å². The molecule has 4 nitrogen and oxygen atoms in total. The molecule has 1 fully saturated rings. The van der Waals surface area contributed by atoms with Gasteiger partial charge >= 0.3 is 0 Å². The molecular weight excluding hydrogens is 343 g/mol. The number of ether oxygens (including phenoxy) is 1. The Labute approximate surface area is 150 Å². The Morgan fingerprint density at radius 2 is 1.80 bits per heavy atom. The van der Waals surface area contributed by atoms with Crippen LogP contribution in [0.1, 0.15) is 5.56 Å². The zero-order valence-electron chi connectivity index (χ0n) is 13.6. The van der Waals surface area contributed by atoms with Crippen molar-refractivity contribution < 1.29 is 13.9 Å². The minimum Gasteiger partial charge on any atom is -0.480 e. The fraction of sp³-hybridized carbons (Fsp3) is 0.316. The maximum absolute atomic E-state index is 13.0. The molecule has 2 aliphatic heterocycles. The zero-order chi connectivity index (χ0) is 17.4. The first-order valence-corrected chi connectivity index (χ1v) is 8.72. The predicted octanol–water partition coefficient (Wildman–Crippen LogP) is 3.13. The van der Waals surface area contributed by atoms with Crippen molar-refractivity contribution >= 4 is 23.2 Å². The average Bonchev–Trinajstić information content (AvgIpc) is 3.05. The molecule has 2 aromatic rings. The molecule has 6 heteroatoms. The number of halogens is 2. The summed E-state index contributed by atoms with van der Waals surface area (Å²) >= 11 is 6.00. The number of hydrogen-bond acceptors (Lipinski definition) is 3. The number of nitrogens with zero attached hydrogens (tertiary/aromatic N) is 2. The maximum atomic E-state index is 13.0. The number of amides is 1. The SMILES string of the molecule is O=C(C1Cc2cc(Cl)ccc2O1)N1CCN(c2ccc(F)cc2)CC1. The number of piperazine rings is 1. The number of carbonyl (C=O) groups excluding carboxylic acids is 1. The third-order valence-electron chi connectivity index (χ3n) is 4.76. The summed E-state index contributed by atoms with van der Waals surface area (Å²) in [6, 6.07) is 11.9. The monoisotopic (exact) mass is 360 g/mol. The molecule has 1 amide bonds. The number of anilines is 1. The van der Waals surface area contributed by atoms with Crippen LogP contribution in [0.2, 0.25) is 5.02 Å². The van der Waals surface area contributed by atoms with Gasteiger partial charge < -0.3 is 14.5 Å². The smallest absolute Gasteiger partial charge is 0.264 e. The average molecular weight is 361 g/mol. The second-order valence-corrected chi connectivity index (χ2v) is 6.79. The lowest BCUT2D eigenvalue weighted by atomic mass is 10.1. The van der Waals surface area contributed by atoms with Gasteiger partial charge in [0.1, 0.15) is 11.6 Å². The third kappa shape index (κ3) is 3.29. The van der Waals surface area contributed by atoms with Crippen LogP contribution in [-0.4, -0.2) is 43.1 Å². The highest BCUT2D eigenvalue weighted by Gasteiger charge is 2.33. The fourth-order valence-electron chi connectivity index (χ4n) is 3.40. The summed E-state index contributed by atoms with van der Waals surface area (Å²) in [6.45, 7) is 2.71. The van der Waals surface area contributed by atoms with E-state index in [1.165, 1.54) is 12.1 Å². The van der Waals surface area contributed by atoms with E-state index in [0.717, 1.165) is 30.1 Å². The maximum Gasteiger partial charge on any atom is 0.264 e. The lowest BCUT2D eigenvalue weighted by Gasteiger charge is -2.37. The van der Waals surface area contributed by atoms with Gasteiger partial charge in [-0.3, -0.25) is 4.79 Å². The largest absolute Gasteiger partial charge is 0.480 e. The van der Waals surface area contributed by atoms with Gasteiger partial charge in [0.05, 0.1) is 0 Å². The van der Waals surface area contributed by atoms with Gasteiger partial charge in [0.25, 0.3) is 5.91 Å². The van der Waals surface area contributed by atoms with Gasteiger partial charge in [-0.15, -0.1) is 0 Å². The van der Waals surface area contributed by atoms with E-state index in [1.54, 1.807) is 18.2 Å². The van der Waals surface area contributed by atoms with Crippen molar-refractivity contribution in [2.24, 2.45) is 0 Å². The Balaban J connectivity index is 1.37. The van der Waals surface area contributed by atoms with E-state index in [4.69, 9.17) is 16.3 Å². The highest BCUT2D eigenvalue weighted by atomic mass is 35.5. The van der Waals surface area contributed by atoms with Crippen LogP contribution in [0.3, 0.4) is 0 Å². The van der Waals surface area contributed by atoms with Crippen LogP contribution in [-0.2, 0) is 11.2 Å². The fourth-order valence-corrected chi connectivity index (χ4v) is 3.59. The van der Waals surface area contributed by atoms with Crippen molar-refractivity contribution in [3.8, 4) is 5.75 Å². The van der Waals surface area contributed by atoms with E-state index in [1.807, 2.05) is 17.0 Å². The lowest BCUT2D eigenvalue weighted by Crippen LogP contribution is -2.52. The van der Waals surface area contributed by atoms with Gasteiger partial charge in [0.2, 0.25) is 0 Å². The topological polar surface area (TPSA) is 32.8 Å².